The number of rotatable bonds is 6. The second kappa shape index (κ2) is 11.8. The van der Waals surface area contributed by atoms with Crippen LogP contribution in [0.1, 0.15) is 43.2 Å². The number of benzene rings is 1. The van der Waals surface area contributed by atoms with Gasteiger partial charge in [0.1, 0.15) is 0 Å². The molecule has 1 amide bonds. The van der Waals surface area contributed by atoms with Crippen LogP contribution < -0.4 is 10.6 Å². The van der Waals surface area contributed by atoms with Crippen molar-refractivity contribution in [1.82, 2.24) is 15.5 Å². The van der Waals surface area contributed by atoms with Crippen LogP contribution in [0.25, 0.3) is 0 Å². The molecule has 2 fully saturated rings. The van der Waals surface area contributed by atoms with Gasteiger partial charge >= 0.3 is 0 Å². The van der Waals surface area contributed by atoms with Crippen LogP contribution >= 0.6 is 24.8 Å². The van der Waals surface area contributed by atoms with E-state index in [2.05, 4.69) is 33.7 Å². The summed E-state index contributed by atoms with van der Waals surface area (Å²) in [4.78, 5) is 14.5. The molecular formula is C19H31Cl2N3O2. The highest BCUT2D eigenvalue weighted by molar-refractivity contribution is 5.85. The topological polar surface area (TPSA) is 64.6 Å². The van der Waals surface area contributed by atoms with E-state index in [0.717, 1.165) is 45.4 Å². The molecule has 3 N–H and O–H groups in total. The van der Waals surface area contributed by atoms with Crippen molar-refractivity contribution in [3.8, 4) is 0 Å². The molecule has 26 heavy (non-hydrogen) atoms. The summed E-state index contributed by atoms with van der Waals surface area (Å²) in [6.07, 6.45) is 4.42. The van der Waals surface area contributed by atoms with Crippen LogP contribution in [-0.4, -0.2) is 47.7 Å². The van der Waals surface area contributed by atoms with Crippen molar-refractivity contribution in [2.24, 2.45) is 0 Å². The summed E-state index contributed by atoms with van der Waals surface area (Å²) in [5, 5.41) is 16.1. The SMILES string of the molecule is Cl.Cl.O=C(CC1CCCN1)NCc1ccccc1CN1CCC(O)CC1. The average Bonchev–Trinajstić information content (AvgIpc) is 3.09. The standard InChI is InChI=1S/C19H29N3O2.2ClH/c23-18-7-10-22(11-8-18)14-16-5-2-1-4-15(16)13-21-19(24)12-17-6-3-9-20-17;;/h1-2,4-5,17-18,20,23H,3,6-14H2,(H,21,24);2*1H. The first kappa shape index (κ1) is 23.2. The number of hydrogen-bond donors (Lipinski definition) is 3. The number of amides is 1. The van der Waals surface area contributed by atoms with E-state index in [4.69, 9.17) is 0 Å². The Hall–Kier alpha value is -0.850. The molecule has 3 rings (SSSR count). The molecule has 2 aliphatic heterocycles. The highest BCUT2D eigenvalue weighted by atomic mass is 35.5. The van der Waals surface area contributed by atoms with Gasteiger partial charge in [-0.1, -0.05) is 24.3 Å². The quantitative estimate of drug-likeness (QED) is 0.681. The molecule has 2 saturated heterocycles. The lowest BCUT2D eigenvalue weighted by molar-refractivity contribution is -0.121. The van der Waals surface area contributed by atoms with Crippen LogP contribution in [0.4, 0.5) is 0 Å². The third-order valence-corrected chi connectivity index (χ3v) is 5.14. The van der Waals surface area contributed by atoms with Gasteiger partial charge in [0, 0.05) is 38.6 Å². The van der Waals surface area contributed by atoms with Crippen LogP contribution in [0.2, 0.25) is 0 Å². The van der Waals surface area contributed by atoms with E-state index in [9.17, 15) is 9.90 Å². The zero-order valence-corrected chi connectivity index (χ0v) is 16.8. The lowest BCUT2D eigenvalue weighted by atomic mass is 10.0. The zero-order chi connectivity index (χ0) is 16.8. The van der Waals surface area contributed by atoms with Crippen molar-refractivity contribution < 1.29 is 9.90 Å². The average molecular weight is 404 g/mol. The van der Waals surface area contributed by atoms with Crippen LogP contribution in [0.15, 0.2) is 24.3 Å². The maximum absolute atomic E-state index is 12.1. The number of nitrogens with one attached hydrogen (secondary N) is 2. The summed E-state index contributed by atoms with van der Waals surface area (Å²) in [5.74, 6) is 0.130. The Kier molecular flexibility index (Phi) is 10.5. The van der Waals surface area contributed by atoms with Gasteiger partial charge in [0.25, 0.3) is 0 Å². The lowest BCUT2D eigenvalue weighted by Crippen LogP contribution is -2.36. The molecule has 0 radical (unpaired) electrons. The summed E-state index contributed by atoms with van der Waals surface area (Å²) in [7, 11) is 0. The van der Waals surface area contributed by atoms with Gasteiger partial charge in [0.15, 0.2) is 0 Å². The molecule has 1 atom stereocenters. The van der Waals surface area contributed by atoms with Crippen molar-refractivity contribution in [3.05, 3.63) is 35.4 Å². The van der Waals surface area contributed by atoms with Crippen LogP contribution in [0.5, 0.6) is 0 Å². The number of aliphatic hydroxyl groups excluding tert-OH is 1. The van der Waals surface area contributed by atoms with E-state index in [1.807, 2.05) is 6.07 Å². The molecule has 2 heterocycles. The van der Waals surface area contributed by atoms with Gasteiger partial charge in [-0.2, -0.15) is 0 Å². The third-order valence-electron chi connectivity index (χ3n) is 5.14. The number of likely N-dealkylation sites (tertiary alicyclic amines) is 1. The van der Waals surface area contributed by atoms with E-state index >= 15 is 0 Å². The van der Waals surface area contributed by atoms with Gasteiger partial charge in [0.2, 0.25) is 5.91 Å². The van der Waals surface area contributed by atoms with Gasteiger partial charge in [-0.15, -0.1) is 24.8 Å². The van der Waals surface area contributed by atoms with E-state index in [1.54, 1.807) is 0 Å². The number of nitrogens with zero attached hydrogens (tertiary/aromatic N) is 1. The van der Waals surface area contributed by atoms with Crippen molar-refractivity contribution in [2.75, 3.05) is 19.6 Å². The molecule has 5 nitrogen and oxygen atoms in total. The largest absolute Gasteiger partial charge is 0.393 e. The number of hydrogen-bond acceptors (Lipinski definition) is 4. The predicted molar refractivity (Wildman–Crippen MR) is 109 cm³/mol. The van der Waals surface area contributed by atoms with E-state index in [1.165, 1.54) is 17.5 Å². The van der Waals surface area contributed by atoms with Gasteiger partial charge in [-0.3, -0.25) is 9.69 Å². The van der Waals surface area contributed by atoms with E-state index in [0.29, 0.717) is 19.0 Å². The number of halogens is 2. The molecular weight excluding hydrogens is 373 g/mol. The Morgan fingerprint density at radius 2 is 1.85 bits per heavy atom. The summed E-state index contributed by atoms with van der Waals surface area (Å²) in [5.41, 5.74) is 2.46. The molecule has 0 spiro atoms. The van der Waals surface area contributed by atoms with Gasteiger partial charge in [-0.05, 0) is 43.4 Å². The summed E-state index contributed by atoms with van der Waals surface area (Å²) in [6.45, 7) is 4.40. The number of aliphatic hydroxyl groups is 1. The Morgan fingerprint density at radius 1 is 1.15 bits per heavy atom. The second-order valence-electron chi connectivity index (χ2n) is 7.05. The van der Waals surface area contributed by atoms with Gasteiger partial charge in [-0.25, -0.2) is 0 Å². The Morgan fingerprint density at radius 3 is 2.50 bits per heavy atom. The number of carbonyl (C=O) groups is 1. The first-order valence-corrected chi connectivity index (χ1v) is 9.18. The highest BCUT2D eigenvalue weighted by Crippen LogP contribution is 2.17. The Balaban J connectivity index is 0.00000169. The van der Waals surface area contributed by atoms with Crippen molar-refractivity contribution >= 4 is 30.7 Å². The van der Waals surface area contributed by atoms with Crippen molar-refractivity contribution in [2.45, 2.75) is 57.3 Å². The normalized spacial score (nSPS) is 20.9. The molecule has 1 unspecified atom stereocenters. The maximum Gasteiger partial charge on any atom is 0.221 e. The second-order valence-corrected chi connectivity index (χ2v) is 7.05. The number of carbonyl (C=O) groups excluding carboxylic acids is 1. The Labute approximate surface area is 168 Å². The fourth-order valence-electron chi connectivity index (χ4n) is 3.62. The minimum atomic E-state index is -0.139. The van der Waals surface area contributed by atoms with Gasteiger partial charge < -0.3 is 15.7 Å². The van der Waals surface area contributed by atoms with Crippen molar-refractivity contribution in [1.29, 1.82) is 0 Å². The molecule has 0 aliphatic carbocycles. The van der Waals surface area contributed by atoms with Crippen LogP contribution in [0.3, 0.4) is 0 Å². The molecule has 0 saturated carbocycles. The highest BCUT2D eigenvalue weighted by Gasteiger charge is 2.19. The van der Waals surface area contributed by atoms with E-state index in [-0.39, 0.29) is 36.8 Å². The molecule has 0 bridgehead atoms. The van der Waals surface area contributed by atoms with Crippen LogP contribution in [-0.2, 0) is 17.9 Å². The number of piperidine rings is 1. The Bertz CT molecular complexity index is 545. The molecule has 1 aromatic rings. The molecule has 0 aromatic heterocycles. The fourth-order valence-corrected chi connectivity index (χ4v) is 3.62. The zero-order valence-electron chi connectivity index (χ0n) is 15.2. The minimum absolute atomic E-state index is 0. The molecule has 7 heteroatoms. The van der Waals surface area contributed by atoms with Gasteiger partial charge in [0.05, 0.1) is 6.10 Å². The van der Waals surface area contributed by atoms with Crippen molar-refractivity contribution in [3.63, 3.8) is 0 Å². The predicted octanol–water partition coefficient (Wildman–Crippen LogP) is 2.25. The summed E-state index contributed by atoms with van der Waals surface area (Å²) in [6, 6.07) is 8.68. The summed E-state index contributed by atoms with van der Waals surface area (Å²) < 4.78 is 0. The first-order chi connectivity index (χ1) is 11.7. The fraction of sp³-hybridized carbons (Fsp3) is 0.632. The monoisotopic (exact) mass is 403 g/mol. The molecule has 1 aromatic carbocycles. The molecule has 2 aliphatic rings. The minimum Gasteiger partial charge on any atom is -0.393 e. The summed E-state index contributed by atoms with van der Waals surface area (Å²) >= 11 is 0. The van der Waals surface area contributed by atoms with Crippen LogP contribution in [0, 0.1) is 0 Å². The smallest absolute Gasteiger partial charge is 0.221 e. The lowest BCUT2D eigenvalue weighted by Gasteiger charge is -2.30. The molecule has 148 valence electrons. The third kappa shape index (κ3) is 7.05. The van der Waals surface area contributed by atoms with E-state index < -0.39 is 0 Å². The first-order valence-electron chi connectivity index (χ1n) is 9.18. The maximum atomic E-state index is 12.1.